The molecule has 0 aliphatic heterocycles. The molecule has 0 fully saturated rings. The minimum Gasteiger partial charge on any atom is -0.294 e. The summed E-state index contributed by atoms with van der Waals surface area (Å²) in [6.07, 6.45) is 10.1. The average Bonchev–Trinajstić information content (AvgIpc) is 2.29. The fourth-order valence-corrected chi connectivity index (χ4v) is 2.08. The van der Waals surface area contributed by atoms with Crippen molar-refractivity contribution < 1.29 is 4.79 Å². The molecule has 2 atom stereocenters. The summed E-state index contributed by atoms with van der Waals surface area (Å²) in [5.74, 6) is 0.631. The monoisotopic (exact) mass is 188 g/mol. The molecule has 0 N–H and O–H groups in total. The van der Waals surface area contributed by atoms with Crippen molar-refractivity contribution in [1.82, 2.24) is 0 Å². The van der Waals surface area contributed by atoms with E-state index < -0.39 is 0 Å². The second-order valence-corrected chi connectivity index (χ2v) is 5.16. The van der Waals surface area contributed by atoms with Crippen LogP contribution in [0.4, 0.5) is 0 Å². The summed E-state index contributed by atoms with van der Waals surface area (Å²) < 4.78 is 0. The topological polar surface area (TPSA) is 17.1 Å². The largest absolute Gasteiger partial charge is 0.294 e. The smallest absolute Gasteiger partial charge is 0.166 e. The van der Waals surface area contributed by atoms with Crippen LogP contribution >= 0.6 is 0 Å². The van der Waals surface area contributed by atoms with E-state index in [1.54, 1.807) is 6.08 Å². The molecule has 1 nitrogen and oxygen atoms in total. The highest BCUT2D eigenvalue weighted by atomic mass is 16.1. The zero-order valence-electron chi connectivity index (χ0n) is 8.95. The number of allylic oxidation sites excluding steroid dienone is 6. The Morgan fingerprint density at radius 3 is 2.57 bits per heavy atom. The number of carbonyl (C=O) groups excluding carboxylic acids is 1. The Morgan fingerprint density at radius 2 is 1.93 bits per heavy atom. The van der Waals surface area contributed by atoms with E-state index in [0.717, 1.165) is 0 Å². The number of hydrogen-bond donors (Lipinski definition) is 0. The summed E-state index contributed by atoms with van der Waals surface area (Å²) in [7, 11) is 0. The highest BCUT2D eigenvalue weighted by Crippen LogP contribution is 2.38. The van der Waals surface area contributed by atoms with Gasteiger partial charge in [0.05, 0.1) is 5.92 Å². The van der Waals surface area contributed by atoms with Crippen LogP contribution in [0.2, 0.25) is 0 Å². The van der Waals surface area contributed by atoms with Crippen LogP contribution in [0.3, 0.4) is 0 Å². The van der Waals surface area contributed by atoms with Crippen molar-refractivity contribution in [2.24, 2.45) is 17.3 Å². The van der Waals surface area contributed by atoms with Gasteiger partial charge in [-0.15, -0.1) is 0 Å². The molecule has 0 aromatic rings. The van der Waals surface area contributed by atoms with E-state index in [1.165, 1.54) is 5.57 Å². The molecule has 0 radical (unpaired) electrons. The van der Waals surface area contributed by atoms with Gasteiger partial charge in [-0.25, -0.2) is 0 Å². The Hall–Kier alpha value is -1.11. The molecule has 0 heterocycles. The number of carbonyl (C=O) groups is 1. The molecule has 2 aliphatic rings. The molecule has 2 bridgehead atoms. The molecular formula is C13H16O. The van der Waals surface area contributed by atoms with Gasteiger partial charge in [0.1, 0.15) is 0 Å². The van der Waals surface area contributed by atoms with Gasteiger partial charge >= 0.3 is 0 Å². The summed E-state index contributed by atoms with van der Waals surface area (Å²) >= 11 is 0. The maximum atomic E-state index is 11.6. The number of ketones is 1. The van der Waals surface area contributed by atoms with Crippen LogP contribution in [-0.4, -0.2) is 5.78 Å². The van der Waals surface area contributed by atoms with E-state index in [-0.39, 0.29) is 17.1 Å². The van der Waals surface area contributed by atoms with Gasteiger partial charge in [0.2, 0.25) is 0 Å². The van der Waals surface area contributed by atoms with Crippen molar-refractivity contribution in [3.05, 3.63) is 36.0 Å². The summed E-state index contributed by atoms with van der Waals surface area (Å²) in [4.78, 5) is 11.6. The maximum absolute atomic E-state index is 11.6. The second kappa shape index (κ2) is 2.94. The summed E-state index contributed by atoms with van der Waals surface area (Å²) in [5.41, 5.74) is 1.42. The first-order valence-electron chi connectivity index (χ1n) is 5.10. The first kappa shape index (κ1) is 9.45. The normalized spacial score (nSPS) is 33.1. The Labute approximate surface area is 85.2 Å². The fraction of sp³-hybridized carbons (Fsp3) is 0.462. The number of hydrogen-bond acceptors (Lipinski definition) is 1. The molecule has 0 aromatic heterocycles. The highest BCUT2D eigenvalue weighted by molar-refractivity contribution is 5.97. The SMILES string of the molecule is CC(C)(C)/C=C1\C2C=CC(=O)C1C=C2. The Kier molecular flexibility index (Phi) is 1.99. The highest BCUT2D eigenvalue weighted by Gasteiger charge is 2.32. The van der Waals surface area contributed by atoms with Crippen molar-refractivity contribution in [1.29, 1.82) is 0 Å². The van der Waals surface area contributed by atoms with Crippen molar-refractivity contribution in [2.75, 3.05) is 0 Å². The minimum atomic E-state index is 0.0317. The second-order valence-electron chi connectivity index (χ2n) is 5.16. The molecule has 14 heavy (non-hydrogen) atoms. The summed E-state index contributed by atoms with van der Waals surface area (Å²) in [6.45, 7) is 6.51. The van der Waals surface area contributed by atoms with E-state index in [1.807, 2.05) is 12.2 Å². The van der Waals surface area contributed by atoms with Crippen LogP contribution in [0.25, 0.3) is 0 Å². The Balaban J connectivity index is 2.38. The van der Waals surface area contributed by atoms with Crippen molar-refractivity contribution in [3.8, 4) is 0 Å². The third-order valence-electron chi connectivity index (χ3n) is 2.63. The molecule has 0 saturated heterocycles. The quantitative estimate of drug-likeness (QED) is 0.534. The van der Waals surface area contributed by atoms with Gasteiger partial charge in [0, 0.05) is 5.92 Å². The molecule has 2 unspecified atom stereocenters. The van der Waals surface area contributed by atoms with Crippen LogP contribution in [0.5, 0.6) is 0 Å². The molecule has 1 heteroatoms. The predicted octanol–water partition coefficient (Wildman–Crippen LogP) is 2.90. The lowest BCUT2D eigenvalue weighted by Gasteiger charge is -2.22. The van der Waals surface area contributed by atoms with Gasteiger partial charge in [-0.05, 0) is 17.1 Å². The zero-order chi connectivity index (χ0) is 10.3. The van der Waals surface area contributed by atoms with Crippen LogP contribution < -0.4 is 0 Å². The van der Waals surface area contributed by atoms with E-state index in [2.05, 4.69) is 32.9 Å². The third-order valence-corrected chi connectivity index (χ3v) is 2.63. The van der Waals surface area contributed by atoms with Gasteiger partial charge < -0.3 is 0 Å². The summed E-state index contributed by atoms with van der Waals surface area (Å²) in [5, 5.41) is 0. The van der Waals surface area contributed by atoms with E-state index in [0.29, 0.717) is 5.92 Å². The summed E-state index contributed by atoms with van der Waals surface area (Å²) in [6, 6.07) is 0. The predicted molar refractivity (Wildman–Crippen MR) is 57.8 cm³/mol. The van der Waals surface area contributed by atoms with Crippen molar-refractivity contribution in [2.45, 2.75) is 20.8 Å². The third kappa shape index (κ3) is 1.59. The molecule has 0 amide bonds. The van der Waals surface area contributed by atoms with E-state index >= 15 is 0 Å². The molecule has 0 aromatic carbocycles. The molecule has 2 aliphatic carbocycles. The van der Waals surface area contributed by atoms with Gasteiger partial charge in [-0.1, -0.05) is 45.1 Å². The minimum absolute atomic E-state index is 0.0317. The first-order chi connectivity index (χ1) is 6.47. The van der Waals surface area contributed by atoms with E-state index in [4.69, 9.17) is 0 Å². The van der Waals surface area contributed by atoms with Crippen LogP contribution in [0.15, 0.2) is 36.0 Å². The van der Waals surface area contributed by atoms with Crippen LogP contribution in [0, 0.1) is 17.3 Å². The lowest BCUT2D eigenvalue weighted by molar-refractivity contribution is -0.116. The van der Waals surface area contributed by atoms with Crippen molar-refractivity contribution >= 4 is 5.78 Å². The van der Waals surface area contributed by atoms with Gasteiger partial charge in [-0.3, -0.25) is 4.79 Å². The van der Waals surface area contributed by atoms with Gasteiger partial charge in [0.15, 0.2) is 5.78 Å². The van der Waals surface area contributed by atoms with E-state index in [9.17, 15) is 4.79 Å². The first-order valence-corrected chi connectivity index (χ1v) is 5.10. The lowest BCUT2D eigenvalue weighted by atomic mass is 9.81. The van der Waals surface area contributed by atoms with Crippen LogP contribution in [-0.2, 0) is 4.79 Å². The number of fused-ring (bicyclic) bond motifs is 2. The molecule has 0 saturated carbocycles. The standard InChI is InChI=1S/C13H16O/c1-13(2,3)8-11-9-4-6-10(11)12(14)7-5-9/h4-10H,1-3H3/b11-8+. The Morgan fingerprint density at radius 1 is 1.21 bits per heavy atom. The molecule has 2 rings (SSSR count). The molecule has 0 spiro atoms. The van der Waals surface area contributed by atoms with Crippen LogP contribution in [0.1, 0.15) is 20.8 Å². The molecule has 74 valence electrons. The molecular weight excluding hydrogens is 172 g/mol. The van der Waals surface area contributed by atoms with Gasteiger partial charge in [-0.2, -0.15) is 0 Å². The Bertz CT molecular complexity index is 350. The lowest BCUT2D eigenvalue weighted by Crippen LogP contribution is -2.18. The van der Waals surface area contributed by atoms with Crippen molar-refractivity contribution in [3.63, 3.8) is 0 Å². The van der Waals surface area contributed by atoms with Gasteiger partial charge in [0.25, 0.3) is 0 Å². The zero-order valence-corrected chi connectivity index (χ0v) is 8.95. The average molecular weight is 188 g/mol. The maximum Gasteiger partial charge on any atom is 0.166 e. The fourth-order valence-electron chi connectivity index (χ4n) is 2.08. The number of rotatable bonds is 0.